The zero-order chi connectivity index (χ0) is 20.3. The third kappa shape index (κ3) is 2.06. The van der Waals surface area contributed by atoms with Crippen LogP contribution in [0.2, 0.25) is 0 Å². The maximum Gasteiger partial charge on any atom is 0.234 e. The monoisotopic (exact) mass is 393 g/mol. The molecule has 6 heteroatoms. The Morgan fingerprint density at radius 1 is 0.966 bits per heavy atom. The van der Waals surface area contributed by atoms with E-state index in [1.807, 2.05) is 48.5 Å². The maximum absolute atomic E-state index is 13.6. The number of carbonyl (C=O) groups is 2. The second-order valence-electron chi connectivity index (χ2n) is 7.88. The van der Waals surface area contributed by atoms with E-state index in [9.17, 15) is 14.7 Å². The molecule has 2 aromatic rings. The molecular weight excluding hydrogens is 370 g/mol. The number of rotatable bonds is 5. The number of aliphatic hydroxyl groups excluding tert-OH is 1. The van der Waals surface area contributed by atoms with Crippen LogP contribution < -0.4 is 0 Å². The highest BCUT2D eigenvalue weighted by Crippen LogP contribution is 2.65. The van der Waals surface area contributed by atoms with Gasteiger partial charge >= 0.3 is 0 Å². The van der Waals surface area contributed by atoms with Crippen molar-refractivity contribution in [3.05, 3.63) is 70.8 Å². The molecule has 1 fully saturated rings. The number of methoxy groups -OCH3 is 2. The van der Waals surface area contributed by atoms with Gasteiger partial charge in [0.2, 0.25) is 11.8 Å². The molecule has 150 valence electrons. The number of nitrogens with zero attached hydrogens (tertiary/aromatic N) is 1. The molecule has 1 N–H and O–H groups in total. The van der Waals surface area contributed by atoms with Gasteiger partial charge in [0.1, 0.15) is 0 Å². The molecule has 6 nitrogen and oxygen atoms in total. The predicted molar refractivity (Wildman–Crippen MR) is 104 cm³/mol. The molecule has 0 radical (unpaired) electrons. The SMILES string of the molecule is COC(OC)C12c3ccccc3C(c3ccccc31)[C@@H]1C(=O)N(CCO)C(=O)[C@@H]12. The van der Waals surface area contributed by atoms with Gasteiger partial charge in [-0.2, -0.15) is 0 Å². The molecule has 1 heterocycles. The predicted octanol–water partition coefficient (Wildman–Crippen LogP) is 1.64. The van der Waals surface area contributed by atoms with Crippen LogP contribution >= 0.6 is 0 Å². The molecule has 1 aliphatic heterocycles. The largest absolute Gasteiger partial charge is 0.395 e. The van der Waals surface area contributed by atoms with Crippen molar-refractivity contribution < 1.29 is 24.2 Å². The second-order valence-corrected chi connectivity index (χ2v) is 7.88. The van der Waals surface area contributed by atoms with Crippen molar-refractivity contribution >= 4 is 11.8 Å². The molecule has 3 aliphatic carbocycles. The molecule has 6 rings (SSSR count). The zero-order valence-electron chi connectivity index (χ0n) is 16.4. The van der Waals surface area contributed by atoms with Gasteiger partial charge in [0.05, 0.1) is 30.4 Å². The number of hydrogen-bond acceptors (Lipinski definition) is 5. The molecule has 0 unspecified atom stereocenters. The van der Waals surface area contributed by atoms with E-state index in [-0.39, 0.29) is 30.9 Å². The number of hydrogen-bond donors (Lipinski definition) is 1. The minimum atomic E-state index is -0.937. The van der Waals surface area contributed by atoms with E-state index >= 15 is 0 Å². The van der Waals surface area contributed by atoms with E-state index in [1.165, 1.54) is 4.90 Å². The van der Waals surface area contributed by atoms with Crippen molar-refractivity contribution in [1.82, 2.24) is 4.90 Å². The summed E-state index contributed by atoms with van der Waals surface area (Å²) in [6, 6.07) is 15.9. The lowest BCUT2D eigenvalue weighted by molar-refractivity contribution is -0.169. The Hall–Kier alpha value is -2.54. The number of β-amino-alcohol motifs (C(OH)–C–C–N with tert-alkyl or cyclic N) is 1. The van der Waals surface area contributed by atoms with Gasteiger partial charge in [-0.1, -0.05) is 48.5 Å². The average Bonchev–Trinajstić information content (AvgIpc) is 3.01. The van der Waals surface area contributed by atoms with Crippen molar-refractivity contribution in [3.63, 3.8) is 0 Å². The normalized spacial score (nSPS) is 29.2. The van der Waals surface area contributed by atoms with Crippen molar-refractivity contribution in [3.8, 4) is 0 Å². The van der Waals surface area contributed by atoms with Gasteiger partial charge in [-0.05, 0) is 22.3 Å². The molecule has 2 atom stereocenters. The topological polar surface area (TPSA) is 76.1 Å². The van der Waals surface area contributed by atoms with Crippen LogP contribution in [0.25, 0.3) is 0 Å². The number of benzene rings is 2. The fourth-order valence-electron chi connectivity index (χ4n) is 6.08. The van der Waals surface area contributed by atoms with Gasteiger partial charge in [0, 0.05) is 20.1 Å². The number of imide groups is 1. The number of amides is 2. The van der Waals surface area contributed by atoms with Gasteiger partial charge < -0.3 is 14.6 Å². The molecule has 2 aromatic carbocycles. The summed E-state index contributed by atoms with van der Waals surface area (Å²) < 4.78 is 11.6. The van der Waals surface area contributed by atoms with E-state index in [4.69, 9.17) is 9.47 Å². The highest BCUT2D eigenvalue weighted by Gasteiger charge is 2.70. The van der Waals surface area contributed by atoms with Gasteiger partial charge in [0.25, 0.3) is 0 Å². The standard InChI is InChI=1S/C23H23NO5/c1-28-22(29-2)23-15-9-5-3-7-13(15)17(14-8-4-6-10-16(14)23)18-19(23)21(27)24(11-12-25)20(18)26/h3-10,17-19,22,25H,11-12H2,1-2H3/t17?,18-,19+,23?/m0/s1. The van der Waals surface area contributed by atoms with E-state index < -0.39 is 23.5 Å². The summed E-state index contributed by atoms with van der Waals surface area (Å²) >= 11 is 0. The number of carbonyl (C=O) groups excluding carboxylic acids is 2. The Bertz CT molecular complexity index is 951. The van der Waals surface area contributed by atoms with Crippen LogP contribution in [0.4, 0.5) is 0 Å². The first-order chi connectivity index (χ1) is 14.1. The Morgan fingerprint density at radius 2 is 1.52 bits per heavy atom. The summed E-state index contributed by atoms with van der Waals surface area (Å²) in [6.07, 6.45) is -0.746. The molecule has 0 saturated carbocycles. The lowest BCUT2D eigenvalue weighted by atomic mass is 9.47. The second kappa shape index (κ2) is 6.49. The van der Waals surface area contributed by atoms with E-state index in [1.54, 1.807) is 14.2 Å². The third-order valence-electron chi connectivity index (χ3n) is 6.90. The third-order valence-corrected chi connectivity index (χ3v) is 6.90. The molecule has 1 saturated heterocycles. The quantitative estimate of drug-likeness (QED) is 0.618. The first-order valence-corrected chi connectivity index (χ1v) is 9.83. The van der Waals surface area contributed by atoms with Gasteiger partial charge in [-0.3, -0.25) is 14.5 Å². The molecule has 29 heavy (non-hydrogen) atoms. The van der Waals surface area contributed by atoms with Crippen LogP contribution in [0, 0.1) is 11.8 Å². The Labute approximate surface area is 169 Å². The van der Waals surface area contributed by atoms with Crippen LogP contribution in [0.5, 0.6) is 0 Å². The van der Waals surface area contributed by atoms with E-state index in [0.29, 0.717) is 0 Å². The molecule has 2 bridgehead atoms. The molecule has 4 aliphatic rings. The summed E-state index contributed by atoms with van der Waals surface area (Å²) in [5.74, 6) is -1.86. The Balaban J connectivity index is 1.89. The fraction of sp³-hybridized carbons (Fsp3) is 0.391. The minimum absolute atomic E-state index is 0.00475. The van der Waals surface area contributed by atoms with Crippen LogP contribution in [-0.4, -0.2) is 55.5 Å². The summed E-state index contributed by atoms with van der Waals surface area (Å²) in [4.78, 5) is 28.2. The lowest BCUT2D eigenvalue weighted by Gasteiger charge is -2.56. The Morgan fingerprint density at radius 3 is 2.03 bits per heavy atom. The van der Waals surface area contributed by atoms with E-state index in [0.717, 1.165) is 22.3 Å². The maximum atomic E-state index is 13.6. The summed E-state index contributed by atoms with van der Waals surface area (Å²) in [5.41, 5.74) is 3.10. The summed E-state index contributed by atoms with van der Waals surface area (Å²) in [5, 5.41) is 9.46. The van der Waals surface area contributed by atoms with Gasteiger partial charge in [-0.15, -0.1) is 0 Å². The Kier molecular flexibility index (Phi) is 4.13. The first-order valence-electron chi connectivity index (χ1n) is 9.83. The number of ether oxygens (including phenoxy) is 2. The summed E-state index contributed by atoms with van der Waals surface area (Å²) in [6.45, 7) is -0.253. The molecular formula is C23H23NO5. The number of likely N-dealkylation sites (tertiary alicyclic amines) is 1. The van der Waals surface area contributed by atoms with Crippen LogP contribution in [0.1, 0.15) is 28.2 Å². The smallest absolute Gasteiger partial charge is 0.234 e. The van der Waals surface area contributed by atoms with Crippen LogP contribution in [0.3, 0.4) is 0 Å². The van der Waals surface area contributed by atoms with E-state index in [2.05, 4.69) is 0 Å². The van der Waals surface area contributed by atoms with Gasteiger partial charge in [0.15, 0.2) is 6.29 Å². The van der Waals surface area contributed by atoms with Crippen LogP contribution in [-0.2, 0) is 24.5 Å². The molecule has 0 aromatic heterocycles. The van der Waals surface area contributed by atoms with Crippen molar-refractivity contribution in [2.24, 2.45) is 11.8 Å². The molecule has 2 amide bonds. The highest BCUT2D eigenvalue weighted by atomic mass is 16.7. The van der Waals surface area contributed by atoms with Crippen LogP contribution in [0.15, 0.2) is 48.5 Å². The number of aliphatic hydroxyl groups is 1. The molecule has 0 spiro atoms. The fourth-order valence-corrected chi connectivity index (χ4v) is 6.08. The minimum Gasteiger partial charge on any atom is -0.395 e. The van der Waals surface area contributed by atoms with Crippen molar-refractivity contribution in [2.75, 3.05) is 27.4 Å². The first kappa shape index (κ1) is 18.5. The average molecular weight is 393 g/mol. The van der Waals surface area contributed by atoms with Gasteiger partial charge in [-0.25, -0.2) is 0 Å². The highest BCUT2D eigenvalue weighted by molar-refractivity contribution is 6.08. The van der Waals surface area contributed by atoms with Crippen molar-refractivity contribution in [1.29, 1.82) is 0 Å². The lowest BCUT2D eigenvalue weighted by Crippen LogP contribution is -2.60. The zero-order valence-corrected chi connectivity index (χ0v) is 16.4. The van der Waals surface area contributed by atoms with Crippen molar-refractivity contribution in [2.45, 2.75) is 17.6 Å². The summed E-state index contributed by atoms with van der Waals surface area (Å²) in [7, 11) is 3.13.